The molecule has 0 atom stereocenters. The van der Waals surface area contributed by atoms with Crippen LogP contribution < -0.4 is 0 Å². The van der Waals surface area contributed by atoms with Crippen molar-refractivity contribution >= 4 is 35.2 Å². The highest BCUT2D eigenvalue weighted by atomic mass is 35.5. The summed E-state index contributed by atoms with van der Waals surface area (Å²) >= 11 is 5.41. The van der Waals surface area contributed by atoms with Gasteiger partial charge in [0.2, 0.25) is 0 Å². The van der Waals surface area contributed by atoms with Crippen LogP contribution in [-0.2, 0) is 0 Å². The second-order valence-electron chi connectivity index (χ2n) is 6.28. The zero-order chi connectivity index (χ0) is 21.2. The number of halogens is 5. The Bertz CT molecular complexity index is 931. The first kappa shape index (κ1) is 21.4. The van der Waals surface area contributed by atoms with E-state index in [9.17, 15) is 27.2 Å². The van der Waals surface area contributed by atoms with Crippen LogP contribution >= 0.6 is 23.4 Å². The maximum Gasteiger partial charge on any atom is 0.446 e. The van der Waals surface area contributed by atoms with Crippen molar-refractivity contribution in [2.24, 2.45) is 0 Å². The maximum absolute atomic E-state index is 14.0. The summed E-state index contributed by atoms with van der Waals surface area (Å²) in [5.41, 5.74) is -4.40. The molecule has 1 heterocycles. The highest BCUT2D eigenvalue weighted by Gasteiger charge is 2.30. The molecule has 1 aliphatic heterocycles. The highest BCUT2D eigenvalue weighted by Crippen LogP contribution is 2.37. The molecule has 29 heavy (non-hydrogen) atoms. The smallest absolute Gasteiger partial charge is 0.335 e. The third-order valence-electron chi connectivity index (χ3n) is 4.33. The molecule has 0 radical (unpaired) electrons. The largest absolute Gasteiger partial charge is 0.446 e. The first-order chi connectivity index (χ1) is 13.6. The second kappa shape index (κ2) is 8.62. The fourth-order valence-electron chi connectivity index (χ4n) is 2.95. The zero-order valence-electron chi connectivity index (χ0n) is 14.9. The van der Waals surface area contributed by atoms with Crippen LogP contribution in [0.5, 0.6) is 0 Å². The number of amides is 2. The van der Waals surface area contributed by atoms with E-state index in [0.717, 1.165) is 6.07 Å². The fourth-order valence-corrected chi connectivity index (χ4v) is 3.71. The van der Waals surface area contributed by atoms with Crippen LogP contribution in [-0.4, -0.2) is 53.3 Å². The Morgan fingerprint density at radius 2 is 1.55 bits per heavy atom. The second-order valence-corrected chi connectivity index (χ2v) is 7.86. The molecule has 3 rings (SSSR count). The molecule has 1 saturated heterocycles. The predicted octanol–water partition coefficient (Wildman–Crippen LogP) is 4.69. The van der Waals surface area contributed by atoms with Gasteiger partial charge >= 0.3 is 5.51 Å². The molecule has 0 bridgehead atoms. The van der Waals surface area contributed by atoms with Crippen molar-refractivity contribution in [3.63, 3.8) is 0 Å². The molecule has 10 heteroatoms. The summed E-state index contributed by atoms with van der Waals surface area (Å²) in [6.45, 7) is 0.750. The Morgan fingerprint density at radius 3 is 2.14 bits per heavy atom. The summed E-state index contributed by atoms with van der Waals surface area (Å²) in [6, 6.07) is 9.10. The van der Waals surface area contributed by atoms with Crippen molar-refractivity contribution < 1.29 is 27.2 Å². The quantitative estimate of drug-likeness (QED) is 0.507. The van der Waals surface area contributed by atoms with Gasteiger partial charge < -0.3 is 9.80 Å². The third kappa shape index (κ3) is 5.42. The lowest BCUT2D eigenvalue weighted by atomic mass is 10.1. The van der Waals surface area contributed by atoms with Crippen LogP contribution in [0.25, 0.3) is 0 Å². The van der Waals surface area contributed by atoms with E-state index in [-0.39, 0.29) is 59.0 Å². The van der Waals surface area contributed by atoms with Crippen molar-refractivity contribution in [2.45, 2.75) is 10.4 Å². The Balaban J connectivity index is 1.64. The molecular formula is C19H15ClF4N2O2S. The molecule has 0 saturated carbocycles. The molecule has 4 nitrogen and oxygen atoms in total. The molecule has 0 aliphatic carbocycles. The Kier molecular flexibility index (Phi) is 6.38. The minimum atomic E-state index is -4.44. The molecule has 1 aliphatic rings. The minimum absolute atomic E-state index is 0.0737. The van der Waals surface area contributed by atoms with E-state index in [0.29, 0.717) is 0 Å². The van der Waals surface area contributed by atoms with Crippen molar-refractivity contribution in [1.29, 1.82) is 0 Å². The van der Waals surface area contributed by atoms with Crippen LogP contribution in [0.2, 0.25) is 5.02 Å². The van der Waals surface area contributed by atoms with E-state index in [2.05, 4.69) is 0 Å². The molecule has 154 valence electrons. The molecular weight excluding hydrogens is 432 g/mol. The molecule has 0 unspecified atom stereocenters. The van der Waals surface area contributed by atoms with Crippen LogP contribution in [0.3, 0.4) is 0 Å². The Hall–Kier alpha value is -2.26. The number of carbonyl (C=O) groups excluding carboxylic acids is 2. The number of alkyl halides is 3. The van der Waals surface area contributed by atoms with E-state index in [4.69, 9.17) is 11.6 Å². The zero-order valence-corrected chi connectivity index (χ0v) is 16.5. The Morgan fingerprint density at radius 1 is 0.931 bits per heavy atom. The van der Waals surface area contributed by atoms with Crippen LogP contribution in [0.4, 0.5) is 17.6 Å². The Labute approximate surface area is 173 Å². The van der Waals surface area contributed by atoms with Gasteiger partial charge in [-0.05, 0) is 48.2 Å². The van der Waals surface area contributed by atoms with Crippen LogP contribution in [0, 0.1) is 5.82 Å². The average Bonchev–Trinajstić information content (AvgIpc) is 2.66. The first-order valence-electron chi connectivity index (χ1n) is 8.53. The number of carbonyl (C=O) groups is 2. The standard InChI is InChI=1S/C19H15ClF4N2O2S/c20-13-4-5-15(16(21)11-13)18(28)26-8-6-25(7-9-26)17(27)12-2-1-3-14(10-12)29-19(22,23)24/h1-5,10-11H,6-9H2. The van der Waals surface area contributed by atoms with Crippen LogP contribution in [0.15, 0.2) is 47.4 Å². The van der Waals surface area contributed by atoms with E-state index in [1.165, 1.54) is 46.2 Å². The summed E-state index contributed by atoms with van der Waals surface area (Å²) in [5, 5.41) is 0.181. The van der Waals surface area contributed by atoms with Gasteiger partial charge in [-0.15, -0.1) is 0 Å². The van der Waals surface area contributed by atoms with Gasteiger partial charge in [0.05, 0.1) is 5.56 Å². The lowest BCUT2D eigenvalue weighted by Crippen LogP contribution is -2.50. The van der Waals surface area contributed by atoms with Gasteiger partial charge in [-0.1, -0.05) is 17.7 Å². The van der Waals surface area contributed by atoms with Gasteiger partial charge in [0, 0.05) is 41.7 Å². The van der Waals surface area contributed by atoms with Gasteiger partial charge in [0.15, 0.2) is 0 Å². The van der Waals surface area contributed by atoms with Gasteiger partial charge in [0.1, 0.15) is 5.82 Å². The van der Waals surface area contributed by atoms with Gasteiger partial charge in [-0.25, -0.2) is 4.39 Å². The van der Waals surface area contributed by atoms with Gasteiger partial charge in [-0.2, -0.15) is 13.2 Å². The molecule has 2 aromatic rings. The number of nitrogens with zero attached hydrogens (tertiary/aromatic N) is 2. The van der Waals surface area contributed by atoms with Crippen molar-refractivity contribution in [2.75, 3.05) is 26.2 Å². The number of piperazine rings is 1. The third-order valence-corrected chi connectivity index (χ3v) is 5.29. The number of thioether (sulfide) groups is 1. The highest BCUT2D eigenvalue weighted by molar-refractivity contribution is 8.00. The average molecular weight is 447 g/mol. The van der Waals surface area contributed by atoms with Gasteiger partial charge in [-0.3, -0.25) is 9.59 Å². The lowest BCUT2D eigenvalue weighted by molar-refractivity contribution is -0.0328. The number of hydrogen-bond donors (Lipinski definition) is 0. The van der Waals surface area contributed by atoms with Gasteiger partial charge in [0.25, 0.3) is 11.8 Å². The van der Waals surface area contributed by atoms with Crippen LogP contribution in [0.1, 0.15) is 20.7 Å². The number of rotatable bonds is 3. The molecule has 0 aromatic heterocycles. The molecule has 1 fully saturated rings. The molecule has 2 amide bonds. The summed E-state index contributed by atoms with van der Waals surface area (Å²) < 4.78 is 51.6. The summed E-state index contributed by atoms with van der Waals surface area (Å²) in [5.74, 6) is -1.64. The minimum Gasteiger partial charge on any atom is -0.335 e. The topological polar surface area (TPSA) is 40.6 Å². The fraction of sp³-hybridized carbons (Fsp3) is 0.263. The van der Waals surface area contributed by atoms with Crippen molar-refractivity contribution in [3.8, 4) is 0 Å². The van der Waals surface area contributed by atoms with E-state index in [1.54, 1.807) is 0 Å². The normalized spacial score (nSPS) is 14.8. The summed E-state index contributed by atoms with van der Waals surface area (Å²) in [6.07, 6.45) is 0. The lowest BCUT2D eigenvalue weighted by Gasteiger charge is -2.35. The molecule has 0 N–H and O–H groups in total. The predicted molar refractivity (Wildman–Crippen MR) is 102 cm³/mol. The summed E-state index contributed by atoms with van der Waals surface area (Å²) in [7, 11) is 0. The van der Waals surface area contributed by atoms with Crippen molar-refractivity contribution in [3.05, 3.63) is 64.4 Å². The first-order valence-corrected chi connectivity index (χ1v) is 9.73. The molecule has 2 aromatic carbocycles. The van der Waals surface area contributed by atoms with E-state index in [1.807, 2.05) is 0 Å². The number of hydrogen-bond acceptors (Lipinski definition) is 3. The maximum atomic E-state index is 14.0. The van der Waals surface area contributed by atoms with E-state index < -0.39 is 23.1 Å². The van der Waals surface area contributed by atoms with Crippen molar-refractivity contribution in [1.82, 2.24) is 9.80 Å². The number of benzene rings is 2. The molecule has 0 spiro atoms. The van der Waals surface area contributed by atoms with E-state index >= 15 is 0 Å². The SMILES string of the molecule is O=C(c1cccc(SC(F)(F)F)c1)N1CCN(C(=O)c2ccc(Cl)cc2F)CC1. The summed E-state index contributed by atoms with van der Waals surface area (Å²) in [4.78, 5) is 27.9. The monoisotopic (exact) mass is 446 g/mol.